The van der Waals surface area contributed by atoms with Gasteiger partial charge in [0.15, 0.2) is 0 Å². The summed E-state index contributed by atoms with van der Waals surface area (Å²) in [5, 5.41) is 3.33. The number of carbonyl (C=O) groups is 2. The number of hydrogen-bond acceptors (Lipinski definition) is 2. The summed E-state index contributed by atoms with van der Waals surface area (Å²) in [5.41, 5.74) is -0.292. The van der Waals surface area contributed by atoms with Crippen LogP contribution in [0.5, 0.6) is 0 Å². The summed E-state index contributed by atoms with van der Waals surface area (Å²) in [7, 11) is 0. The minimum atomic E-state index is -0.852. The monoisotopic (exact) mass is 372 g/mol. The first-order valence-electron chi connectivity index (χ1n) is 6.97. The lowest BCUT2D eigenvalue weighted by atomic mass is 9.87. The van der Waals surface area contributed by atoms with Crippen molar-refractivity contribution in [2.24, 2.45) is 0 Å². The maximum Gasteiger partial charge on any atom is 0.253 e. The van der Waals surface area contributed by atoms with Gasteiger partial charge < -0.3 is 5.32 Å². The summed E-state index contributed by atoms with van der Waals surface area (Å²) in [6.45, 7) is 5.51. The molecule has 1 fully saturated rings. The van der Waals surface area contributed by atoms with Crippen LogP contribution in [0, 0.1) is 0 Å². The molecule has 21 heavy (non-hydrogen) atoms. The topological polar surface area (TPSA) is 49.4 Å². The molecule has 1 aromatic rings. The normalized spacial score (nSPS) is 21.4. The van der Waals surface area contributed by atoms with Gasteiger partial charge in [-0.15, -0.1) is 0 Å². The molecule has 2 rings (SSSR count). The Hall–Kier alpha value is -1.07. The molecule has 0 saturated carbocycles. The van der Waals surface area contributed by atoms with Gasteiger partial charge in [0.05, 0.1) is 10.7 Å². The van der Waals surface area contributed by atoms with E-state index in [1.54, 1.807) is 25.1 Å². The van der Waals surface area contributed by atoms with Gasteiger partial charge in [0, 0.05) is 4.47 Å². The predicted molar refractivity (Wildman–Crippen MR) is 87.6 cm³/mol. The molecule has 1 saturated heterocycles. The Morgan fingerprint density at radius 3 is 2.52 bits per heavy atom. The highest BCUT2D eigenvalue weighted by Gasteiger charge is 2.48. The molecule has 1 N–H and O–H groups in total. The number of hydrogen-bond donors (Lipinski definition) is 1. The number of piperazine rings is 1. The molecule has 2 amide bonds. The van der Waals surface area contributed by atoms with Gasteiger partial charge in [0.25, 0.3) is 5.91 Å². The molecular weight excluding hydrogens is 356 g/mol. The Morgan fingerprint density at radius 1 is 1.33 bits per heavy atom. The molecule has 0 bridgehead atoms. The molecule has 1 heterocycles. The van der Waals surface area contributed by atoms with Crippen LogP contribution in [0.1, 0.15) is 33.6 Å². The van der Waals surface area contributed by atoms with Gasteiger partial charge >= 0.3 is 0 Å². The Bertz CT molecular complexity index is 587. The zero-order chi connectivity index (χ0) is 15.8. The second kappa shape index (κ2) is 5.97. The van der Waals surface area contributed by atoms with E-state index in [0.717, 1.165) is 4.47 Å². The molecule has 114 valence electrons. The highest BCUT2D eigenvalue weighted by molar-refractivity contribution is 9.10. The fraction of sp³-hybridized carbons (Fsp3) is 0.467. The van der Waals surface area contributed by atoms with E-state index in [2.05, 4.69) is 21.2 Å². The molecule has 1 aliphatic heterocycles. The van der Waals surface area contributed by atoms with Crippen LogP contribution in [0.2, 0.25) is 5.02 Å². The van der Waals surface area contributed by atoms with Crippen LogP contribution >= 0.6 is 27.5 Å². The van der Waals surface area contributed by atoms with Crippen molar-refractivity contribution < 1.29 is 9.59 Å². The maximum atomic E-state index is 13.0. The van der Waals surface area contributed by atoms with Crippen molar-refractivity contribution in [3.63, 3.8) is 0 Å². The van der Waals surface area contributed by atoms with E-state index in [9.17, 15) is 9.59 Å². The number of halogens is 2. The number of carbonyl (C=O) groups excluding carboxylic acids is 2. The SMILES string of the molecule is CCC1(CC)NC(=O)C(C)N(c2cc(Br)ccc2Cl)C1=O. The van der Waals surface area contributed by atoms with Gasteiger partial charge in [-0.1, -0.05) is 41.4 Å². The number of benzene rings is 1. The summed E-state index contributed by atoms with van der Waals surface area (Å²) >= 11 is 9.62. The van der Waals surface area contributed by atoms with E-state index in [0.29, 0.717) is 23.6 Å². The van der Waals surface area contributed by atoms with E-state index in [4.69, 9.17) is 11.6 Å². The third kappa shape index (κ3) is 2.69. The zero-order valence-corrected chi connectivity index (χ0v) is 14.6. The van der Waals surface area contributed by atoms with E-state index >= 15 is 0 Å². The molecule has 4 nitrogen and oxygen atoms in total. The number of nitrogens with zero attached hydrogens (tertiary/aromatic N) is 1. The van der Waals surface area contributed by atoms with Gasteiger partial charge in [-0.05, 0) is 38.0 Å². The second-order valence-electron chi connectivity index (χ2n) is 5.23. The molecule has 6 heteroatoms. The van der Waals surface area contributed by atoms with Crippen molar-refractivity contribution in [2.75, 3.05) is 4.90 Å². The van der Waals surface area contributed by atoms with Gasteiger partial charge in [0.2, 0.25) is 5.91 Å². The standard InChI is InChI=1S/C15H18BrClN2O2/c1-4-15(5-2)14(21)19(9(3)13(20)18-15)12-8-10(16)6-7-11(12)17/h6-9H,4-5H2,1-3H3,(H,18,20). The summed E-state index contributed by atoms with van der Waals surface area (Å²) in [6, 6.07) is 4.70. The molecule has 1 aromatic carbocycles. The van der Waals surface area contributed by atoms with Crippen LogP contribution in [-0.2, 0) is 9.59 Å². The van der Waals surface area contributed by atoms with Crippen molar-refractivity contribution in [2.45, 2.75) is 45.2 Å². The number of nitrogens with one attached hydrogen (secondary N) is 1. The van der Waals surface area contributed by atoms with Crippen molar-refractivity contribution in [3.8, 4) is 0 Å². The largest absolute Gasteiger partial charge is 0.340 e. The summed E-state index contributed by atoms with van der Waals surface area (Å²) < 4.78 is 0.812. The van der Waals surface area contributed by atoms with Crippen molar-refractivity contribution in [3.05, 3.63) is 27.7 Å². The smallest absolute Gasteiger partial charge is 0.253 e. The molecule has 0 spiro atoms. The Kier molecular flexibility index (Phi) is 4.63. The van der Waals surface area contributed by atoms with E-state index in [1.165, 1.54) is 4.90 Å². The van der Waals surface area contributed by atoms with Gasteiger partial charge in [-0.25, -0.2) is 0 Å². The van der Waals surface area contributed by atoms with Crippen LogP contribution < -0.4 is 10.2 Å². The first kappa shape index (κ1) is 16.3. The fourth-order valence-corrected chi connectivity index (χ4v) is 3.19. The average Bonchev–Trinajstić information content (AvgIpc) is 2.47. The molecule has 1 aliphatic rings. The second-order valence-corrected chi connectivity index (χ2v) is 6.55. The number of anilines is 1. The fourth-order valence-electron chi connectivity index (χ4n) is 2.64. The summed E-state index contributed by atoms with van der Waals surface area (Å²) in [6.07, 6.45) is 1.09. The van der Waals surface area contributed by atoms with Crippen LogP contribution in [0.4, 0.5) is 5.69 Å². The third-order valence-corrected chi connectivity index (χ3v) is 4.95. The van der Waals surface area contributed by atoms with Gasteiger partial charge in [0.1, 0.15) is 11.6 Å². The highest BCUT2D eigenvalue weighted by Crippen LogP contribution is 2.35. The summed E-state index contributed by atoms with van der Waals surface area (Å²) in [5.74, 6) is -0.269. The Labute approximate surface area is 138 Å². The molecular formula is C15H18BrClN2O2. The minimum absolute atomic E-state index is 0.111. The zero-order valence-electron chi connectivity index (χ0n) is 12.2. The summed E-state index contributed by atoms with van der Waals surface area (Å²) in [4.78, 5) is 26.8. The molecule has 0 aliphatic carbocycles. The van der Waals surface area contributed by atoms with Crippen molar-refractivity contribution >= 4 is 45.0 Å². The lowest BCUT2D eigenvalue weighted by Gasteiger charge is -2.44. The number of rotatable bonds is 3. The van der Waals surface area contributed by atoms with E-state index < -0.39 is 11.6 Å². The van der Waals surface area contributed by atoms with Crippen LogP contribution in [0.3, 0.4) is 0 Å². The first-order chi connectivity index (χ1) is 9.86. The van der Waals surface area contributed by atoms with Gasteiger partial charge in [-0.2, -0.15) is 0 Å². The van der Waals surface area contributed by atoms with Crippen molar-refractivity contribution in [1.29, 1.82) is 0 Å². The van der Waals surface area contributed by atoms with Crippen molar-refractivity contribution in [1.82, 2.24) is 5.32 Å². The minimum Gasteiger partial charge on any atom is -0.340 e. The van der Waals surface area contributed by atoms with Gasteiger partial charge in [-0.3, -0.25) is 14.5 Å². The lowest BCUT2D eigenvalue weighted by molar-refractivity contribution is -0.138. The Morgan fingerprint density at radius 2 is 1.95 bits per heavy atom. The van der Waals surface area contributed by atoms with Crippen LogP contribution in [-0.4, -0.2) is 23.4 Å². The predicted octanol–water partition coefficient (Wildman–Crippen LogP) is 3.51. The maximum absolute atomic E-state index is 13.0. The van der Waals surface area contributed by atoms with Crippen LogP contribution in [0.25, 0.3) is 0 Å². The average molecular weight is 374 g/mol. The molecule has 0 radical (unpaired) electrons. The van der Waals surface area contributed by atoms with Crippen LogP contribution in [0.15, 0.2) is 22.7 Å². The number of amides is 2. The quantitative estimate of drug-likeness (QED) is 0.881. The molecule has 1 atom stereocenters. The van der Waals surface area contributed by atoms with E-state index in [1.807, 2.05) is 13.8 Å². The third-order valence-electron chi connectivity index (χ3n) is 4.13. The highest BCUT2D eigenvalue weighted by atomic mass is 79.9. The Balaban J connectivity index is 2.56. The lowest BCUT2D eigenvalue weighted by Crippen LogP contribution is -2.69. The van der Waals surface area contributed by atoms with E-state index in [-0.39, 0.29) is 11.8 Å². The molecule has 0 aromatic heterocycles. The molecule has 1 unspecified atom stereocenters. The first-order valence-corrected chi connectivity index (χ1v) is 8.14.